The Kier molecular flexibility index (Phi) is 40.4. The molecule has 0 aliphatic heterocycles. The molecule has 0 saturated carbocycles. The van der Waals surface area contributed by atoms with Gasteiger partial charge in [0.25, 0.3) is 0 Å². The molecule has 0 aromatic heterocycles. The molecule has 0 spiro atoms. The van der Waals surface area contributed by atoms with Crippen LogP contribution in [0.5, 0.6) is 0 Å². The smallest absolute Gasteiger partial charge is 0.0110 e. The maximum atomic E-state index is 5.87. The highest BCUT2D eigenvalue weighted by Gasteiger charge is 2.11. The molecule has 0 aliphatic carbocycles. The summed E-state index contributed by atoms with van der Waals surface area (Å²) in [6, 6.07) is 0.333. The van der Waals surface area contributed by atoms with Gasteiger partial charge in [0.15, 0.2) is 0 Å². The molecule has 0 fully saturated rings. The average Bonchev–Trinajstić information content (AvgIpc) is 2.87. The van der Waals surface area contributed by atoms with E-state index in [1.165, 1.54) is 6.42 Å². The van der Waals surface area contributed by atoms with Crippen molar-refractivity contribution in [2.45, 2.75) is 40.2 Å². The topological polar surface area (TPSA) is 202 Å². The Hall–Kier alpha value is -0.480. The third-order valence-corrected chi connectivity index (χ3v) is 5.13. The fourth-order valence-electron chi connectivity index (χ4n) is 3.35. The molecule has 0 aromatic rings. The molecular formula is C26H70N12. The summed E-state index contributed by atoms with van der Waals surface area (Å²) in [5, 5.41) is 10.2. The Bertz CT molecular complexity index is 396. The zero-order chi connectivity index (χ0) is 29.3. The van der Waals surface area contributed by atoms with E-state index in [0.29, 0.717) is 38.8 Å². The lowest BCUT2D eigenvalue weighted by atomic mass is 10.3. The highest BCUT2D eigenvalue weighted by molar-refractivity contribution is 4.69. The fourth-order valence-corrected chi connectivity index (χ4v) is 3.35. The number of nitrogens with one attached hydrogen (secondary N) is 3. The van der Waals surface area contributed by atoms with Crippen molar-refractivity contribution >= 4 is 0 Å². The van der Waals surface area contributed by atoms with E-state index >= 15 is 0 Å². The van der Waals surface area contributed by atoms with Crippen LogP contribution in [0.4, 0.5) is 0 Å². The van der Waals surface area contributed by atoms with Gasteiger partial charge < -0.3 is 50.4 Å². The second kappa shape index (κ2) is 36.5. The largest absolute Gasteiger partial charge is 0.329 e. The molecule has 12 heteroatoms. The van der Waals surface area contributed by atoms with Crippen LogP contribution in [0.3, 0.4) is 0 Å². The van der Waals surface area contributed by atoms with E-state index in [9.17, 15) is 0 Å². The van der Waals surface area contributed by atoms with Gasteiger partial charge in [-0.05, 0) is 6.04 Å². The van der Waals surface area contributed by atoms with Gasteiger partial charge in [-0.25, -0.2) is 0 Å². The van der Waals surface area contributed by atoms with E-state index in [4.69, 9.17) is 34.4 Å². The van der Waals surface area contributed by atoms with E-state index < -0.39 is 0 Å². The molecule has 12 nitrogen and oxygen atoms in total. The average molecular weight is 551 g/mol. The van der Waals surface area contributed by atoms with Gasteiger partial charge in [0.2, 0.25) is 0 Å². The SMILES string of the molecule is CC(C)N.CCC.NCCNCCNCCN(CCNCCN)CCN(CCN)CCN(CCN)CCN. The summed E-state index contributed by atoms with van der Waals surface area (Å²) in [7, 11) is 0. The number of rotatable bonds is 25. The first-order chi connectivity index (χ1) is 18.4. The molecule has 0 aliphatic rings. The summed E-state index contributed by atoms with van der Waals surface area (Å²) in [5.74, 6) is 0. The second-order valence-corrected chi connectivity index (χ2v) is 9.67. The Morgan fingerprint density at radius 1 is 0.447 bits per heavy atom. The van der Waals surface area contributed by atoms with Crippen LogP contribution in [0.2, 0.25) is 0 Å². The van der Waals surface area contributed by atoms with E-state index in [1.54, 1.807) is 0 Å². The molecule has 15 N–H and O–H groups in total. The standard InChI is InChI=1S/C20H53N11.C3H9N.C3H8/c21-1-6-26-8-9-28-11-16-31(15-10-27-7-2-22)20-19-30(14-5-25)18-17-29(12-3-23)13-4-24;1-3(2)4;1-3-2/h26-28H,1-25H2;3H,4H2,1-2H3;3H2,1-2H3. The monoisotopic (exact) mass is 551 g/mol. The maximum absolute atomic E-state index is 5.87. The van der Waals surface area contributed by atoms with Crippen LogP contribution in [0.15, 0.2) is 0 Å². The summed E-state index contributed by atoms with van der Waals surface area (Å²) >= 11 is 0. The molecule has 0 radical (unpaired) electrons. The Morgan fingerprint density at radius 3 is 1.03 bits per heavy atom. The molecule has 0 unspecified atom stereocenters. The lowest BCUT2D eigenvalue weighted by molar-refractivity contribution is 0.181. The van der Waals surface area contributed by atoms with Gasteiger partial charge in [0, 0.05) is 131 Å². The van der Waals surface area contributed by atoms with Gasteiger partial charge in [-0.15, -0.1) is 0 Å². The Morgan fingerprint density at radius 2 is 0.711 bits per heavy atom. The predicted molar refractivity (Wildman–Crippen MR) is 168 cm³/mol. The quantitative estimate of drug-likeness (QED) is 0.0530. The van der Waals surface area contributed by atoms with E-state index in [-0.39, 0.29) is 0 Å². The minimum Gasteiger partial charge on any atom is -0.329 e. The van der Waals surface area contributed by atoms with Crippen LogP contribution >= 0.6 is 0 Å². The molecule has 38 heavy (non-hydrogen) atoms. The lowest BCUT2D eigenvalue weighted by Crippen LogP contribution is -2.45. The first-order valence-electron chi connectivity index (χ1n) is 14.9. The highest BCUT2D eigenvalue weighted by Crippen LogP contribution is 1.95. The van der Waals surface area contributed by atoms with Crippen LogP contribution in [-0.4, -0.2) is 152 Å². The van der Waals surface area contributed by atoms with Crippen molar-refractivity contribution in [1.82, 2.24) is 30.7 Å². The summed E-state index contributed by atoms with van der Waals surface area (Å²) < 4.78 is 0. The zero-order valence-corrected chi connectivity index (χ0v) is 25.7. The van der Waals surface area contributed by atoms with E-state index in [0.717, 1.165) is 98.2 Å². The molecule has 0 aromatic carbocycles. The fraction of sp³-hybridized carbons (Fsp3) is 1.00. The van der Waals surface area contributed by atoms with Crippen molar-refractivity contribution in [2.24, 2.45) is 34.4 Å². The number of nitrogens with two attached hydrogens (primary N) is 6. The molecule has 0 atom stereocenters. The van der Waals surface area contributed by atoms with Gasteiger partial charge in [0.1, 0.15) is 0 Å². The van der Waals surface area contributed by atoms with Gasteiger partial charge in [0.05, 0.1) is 0 Å². The van der Waals surface area contributed by atoms with Crippen molar-refractivity contribution in [2.75, 3.05) is 131 Å². The summed E-state index contributed by atoms with van der Waals surface area (Å²) in [6.45, 7) is 25.7. The van der Waals surface area contributed by atoms with Crippen LogP contribution in [0.25, 0.3) is 0 Å². The third kappa shape index (κ3) is 37.7. The van der Waals surface area contributed by atoms with Crippen molar-refractivity contribution in [3.8, 4) is 0 Å². The summed E-state index contributed by atoms with van der Waals surface area (Å²) in [5.41, 5.74) is 33.5. The van der Waals surface area contributed by atoms with Crippen LogP contribution in [0.1, 0.15) is 34.1 Å². The van der Waals surface area contributed by atoms with Gasteiger partial charge in [-0.1, -0.05) is 34.1 Å². The molecule has 0 bridgehead atoms. The van der Waals surface area contributed by atoms with Crippen LogP contribution in [-0.2, 0) is 0 Å². The van der Waals surface area contributed by atoms with Gasteiger partial charge in [-0.3, -0.25) is 14.7 Å². The molecule has 0 heterocycles. The number of hydrogen-bond acceptors (Lipinski definition) is 12. The molecule has 0 saturated heterocycles. The number of hydrogen-bond donors (Lipinski definition) is 9. The lowest BCUT2D eigenvalue weighted by Gasteiger charge is -2.30. The van der Waals surface area contributed by atoms with Crippen molar-refractivity contribution in [3.05, 3.63) is 0 Å². The maximum Gasteiger partial charge on any atom is 0.0110 e. The third-order valence-electron chi connectivity index (χ3n) is 5.13. The van der Waals surface area contributed by atoms with Crippen molar-refractivity contribution in [1.29, 1.82) is 0 Å². The molecule has 0 amide bonds. The minimum atomic E-state index is 0.333. The molecule has 234 valence electrons. The summed E-state index contributed by atoms with van der Waals surface area (Å²) in [6.07, 6.45) is 1.25. The molecular weight excluding hydrogens is 480 g/mol. The van der Waals surface area contributed by atoms with Crippen molar-refractivity contribution < 1.29 is 0 Å². The predicted octanol–water partition coefficient (Wildman–Crippen LogP) is -2.78. The highest BCUT2D eigenvalue weighted by atomic mass is 15.2. The van der Waals surface area contributed by atoms with Gasteiger partial charge >= 0.3 is 0 Å². The normalized spacial score (nSPS) is 11.2. The van der Waals surface area contributed by atoms with Crippen molar-refractivity contribution in [3.63, 3.8) is 0 Å². The number of nitrogens with zero attached hydrogens (tertiary/aromatic N) is 3. The van der Waals surface area contributed by atoms with Gasteiger partial charge in [-0.2, -0.15) is 0 Å². The minimum absolute atomic E-state index is 0.333. The van der Waals surface area contributed by atoms with E-state index in [2.05, 4.69) is 44.5 Å². The first-order valence-corrected chi connectivity index (χ1v) is 14.9. The summed E-state index contributed by atoms with van der Waals surface area (Å²) in [4.78, 5) is 7.29. The Balaban J connectivity index is -0.00000155. The second-order valence-electron chi connectivity index (χ2n) is 9.67. The Labute approximate surface area is 236 Å². The van der Waals surface area contributed by atoms with Crippen LogP contribution < -0.4 is 50.4 Å². The first kappa shape index (κ1) is 42.0. The van der Waals surface area contributed by atoms with E-state index in [1.807, 2.05) is 13.8 Å². The van der Waals surface area contributed by atoms with Crippen LogP contribution in [0, 0.1) is 0 Å². The zero-order valence-electron chi connectivity index (χ0n) is 25.7. The molecule has 0 rings (SSSR count).